The van der Waals surface area contributed by atoms with E-state index in [4.69, 9.17) is 22.3 Å². The van der Waals surface area contributed by atoms with Gasteiger partial charge in [0.15, 0.2) is 0 Å². The van der Waals surface area contributed by atoms with Gasteiger partial charge in [0.25, 0.3) is 0 Å². The van der Waals surface area contributed by atoms with Gasteiger partial charge >= 0.3 is 0 Å². The molecule has 0 radical (unpaired) electrons. The number of aryl methyl sites for hydroxylation is 2. The highest BCUT2D eigenvalue weighted by molar-refractivity contribution is 6.31. The molecule has 3 nitrogen and oxygen atoms in total. The number of halogens is 1. The second-order valence-electron chi connectivity index (χ2n) is 4.89. The Morgan fingerprint density at radius 2 is 2.00 bits per heavy atom. The second-order valence-corrected chi connectivity index (χ2v) is 5.32. The summed E-state index contributed by atoms with van der Waals surface area (Å²) in [4.78, 5) is 4.74. The van der Waals surface area contributed by atoms with Crippen LogP contribution < -0.4 is 5.73 Å². The van der Waals surface area contributed by atoms with Crippen LogP contribution in [0, 0.1) is 6.92 Å². The Balaban J connectivity index is 2.30. The number of nitrogen functional groups attached to an aromatic ring is 1. The lowest BCUT2D eigenvalue weighted by Crippen LogP contribution is -1.99. The summed E-state index contributed by atoms with van der Waals surface area (Å²) in [5.41, 5.74) is 10.9. The molecule has 0 saturated heterocycles. The van der Waals surface area contributed by atoms with Gasteiger partial charge < -0.3 is 10.3 Å². The predicted molar refractivity (Wildman–Crippen MR) is 85.0 cm³/mol. The maximum Gasteiger partial charge on any atom is 0.141 e. The van der Waals surface area contributed by atoms with E-state index in [0.29, 0.717) is 5.02 Å². The van der Waals surface area contributed by atoms with Crippen LogP contribution in [0.15, 0.2) is 36.4 Å². The monoisotopic (exact) mass is 285 g/mol. The van der Waals surface area contributed by atoms with Crippen molar-refractivity contribution in [3.05, 3.63) is 47.0 Å². The van der Waals surface area contributed by atoms with Crippen molar-refractivity contribution in [2.75, 3.05) is 5.73 Å². The number of nitrogens with two attached hydrogens (primary N) is 1. The summed E-state index contributed by atoms with van der Waals surface area (Å²) in [5, 5.41) is 0.707. The van der Waals surface area contributed by atoms with Gasteiger partial charge in [0, 0.05) is 22.8 Å². The van der Waals surface area contributed by atoms with E-state index >= 15 is 0 Å². The fraction of sp³-hybridized carbons (Fsp3) is 0.188. The minimum atomic E-state index is 0.707. The summed E-state index contributed by atoms with van der Waals surface area (Å²) in [6, 6.07) is 11.7. The fourth-order valence-electron chi connectivity index (χ4n) is 2.57. The summed E-state index contributed by atoms with van der Waals surface area (Å²) in [7, 11) is 0. The first-order chi connectivity index (χ1) is 9.60. The van der Waals surface area contributed by atoms with Crippen molar-refractivity contribution in [3.8, 4) is 11.4 Å². The topological polar surface area (TPSA) is 43.8 Å². The molecule has 0 aliphatic rings. The van der Waals surface area contributed by atoms with E-state index in [0.717, 1.165) is 40.2 Å². The average molecular weight is 286 g/mol. The van der Waals surface area contributed by atoms with Crippen molar-refractivity contribution in [2.45, 2.75) is 20.4 Å². The summed E-state index contributed by atoms with van der Waals surface area (Å²) in [6.07, 6.45) is 0. The number of benzene rings is 2. The molecule has 2 N–H and O–H groups in total. The van der Waals surface area contributed by atoms with Crippen LogP contribution in [-0.2, 0) is 6.54 Å². The molecule has 0 fully saturated rings. The molecular formula is C16H16ClN3. The molecular weight excluding hydrogens is 270 g/mol. The van der Waals surface area contributed by atoms with Crippen molar-refractivity contribution < 1.29 is 0 Å². The molecule has 0 aliphatic heterocycles. The zero-order valence-electron chi connectivity index (χ0n) is 11.5. The zero-order chi connectivity index (χ0) is 14.3. The summed E-state index contributed by atoms with van der Waals surface area (Å²) in [6.45, 7) is 5.03. The quantitative estimate of drug-likeness (QED) is 0.715. The lowest BCUT2D eigenvalue weighted by molar-refractivity contribution is 0.796. The normalized spacial score (nSPS) is 11.2. The number of hydrogen-bond acceptors (Lipinski definition) is 2. The smallest absolute Gasteiger partial charge is 0.141 e. The van der Waals surface area contributed by atoms with Crippen LogP contribution in [0.4, 0.5) is 5.69 Å². The van der Waals surface area contributed by atoms with Crippen LogP contribution in [-0.4, -0.2) is 9.55 Å². The number of imidazole rings is 1. The molecule has 0 saturated carbocycles. The molecule has 20 heavy (non-hydrogen) atoms. The molecule has 2 aromatic carbocycles. The van der Waals surface area contributed by atoms with Crippen LogP contribution in [0.25, 0.3) is 22.4 Å². The van der Waals surface area contributed by atoms with Gasteiger partial charge in [-0.15, -0.1) is 0 Å². The lowest BCUT2D eigenvalue weighted by Gasteiger charge is -2.09. The van der Waals surface area contributed by atoms with Crippen LogP contribution in [0.5, 0.6) is 0 Å². The van der Waals surface area contributed by atoms with Crippen LogP contribution >= 0.6 is 11.6 Å². The van der Waals surface area contributed by atoms with Crippen molar-refractivity contribution >= 4 is 28.3 Å². The molecule has 0 aliphatic carbocycles. The van der Waals surface area contributed by atoms with E-state index in [1.807, 2.05) is 36.4 Å². The maximum absolute atomic E-state index is 6.06. The van der Waals surface area contributed by atoms with Crippen molar-refractivity contribution in [1.82, 2.24) is 9.55 Å². The highest BCUT2D eigenvalue weighted by Gasteiger charge is 2.13. The Morgan fingerprint density at radius 3 is 2.70 bits per heavy atom. The number of hydrogen-bond donors (Lipinski definition) is 1. The molecule has 102 valence electrons. The predicted octanol–water partition coefficient (Wildman–Crippen LogP) is 4.27. The van der Waals surface area contributed by atoms with Crippen LogP contribution in [0.2, 0.25) is 5.02 Å². The average Bonchev–Trinajstić information content (AvgIpc) is 2.75. The van der Waals surface area contributed by atoms with Crippen LogP contribution in [0.1, 0.15) is 12.5 Å². The largest absolute Gasteiger partial charge is 0.399 e. The van der Waals surface area contributed by atoms with E-state index in [-0.39, 0.29) is 0 Å². The summed E-state index contributed by atoms with van der Waals surface area (Å²) in [5.74, 6) is 0.960. The maximum atomic E-state index is 6.06. The van der Waals surface area contributed by atoms with E-state index in [2.05, 4.69) is 18.4 Å². The Hall–Kier alpha value is -2.00. The van der Waals surface area contributed by atoms with E-state index in [9.17, 15) is 0 Å². The molecule has 3 aromatic rings. The van der Waals surface area contributed by atoms with Crippen LogP contribution in [0.3, 0.4) is 0 Å². The molecule has 1 aromatic heterocycles. The number of aromatic nitrogens is 2. The Kier molecular flexibility index (Phi) is 3.14. The van der Waals surface area contributed by atoms with Crippen molar-refractivity contribution in [2.24, 2.45) is 0 Å². The Bertz CT molecular complexity index is 790. The van der Waals surface area contributed by atoms with Gasteiger partial charge in [0.05, 0.1) is 11.0 Å². The van der Waals surface area contributed by atoms with E-state index in [1.54, 1.807) is 0 Å². The second kappa shape index (κ2) is 4.84. The van der Waals surface area contributed by atoms with Crippen molar-refractivity contribution in [3.63, 3.8) is 0 Å². The fourth-order valence-corrected chi connectivity index (χ4v) is 2.73. The Morgan fingerprint density at radius 1 is 1.20 bits per heavy atom. The molecule has 4 heteroatoms. The third-order valence-corrected chi connectivity index (χ3v) is 3.75. The standard InChI is InChI=1S/C16H16ClN3/c1-3-20-15-7-4-11(17)9-14(15)19-16(20)13-6-5-12(18)8-10(13)2/h4-9H,3,18H2,1-2H3. The van der Waals surface area contributed by atoms with Gasteiger partial charge in [-0.3, -0.25) is 0 Å². The molecule has 1 heterocycles. The molecule has 0 amide bonds. The van der Waals surface area contributed by atoms with Gasteiger partial charge in [-0.1, -0.05) is 11.6 Å². The Labute approximate surface area is 123 Å². The minimum absolute atomic E-state index is 0.707. The first kappa shape index (κ1) is 13.0. The van der Waals surface area contributed by atoms with E-state index in [1.165, 1.54) is 0 Å². The highest BCUT2D eigenvalue weighted by Crippen LogP contribution is 2.29. The van der Waals surface area contributed by atoms with Gasteiger partial charge in [0.1, 0.15) is 5.82 Å². The molecule has 0 atom stereocenters. The van der Waals surface area contributed by atoms with Gasteiger partial charge in [-0.05, 0) is 55.8 Å². The zero-order valence-corrected chi connectivity index (χ0v) is 12.3. The number of nitrogens with zero attached hydrogens (tertiary/aromatic N) is 2. The van der Waals surface area contributed by atoms with Gasteiger partial charge in [-0.25, -0.2) is 4.98 Å². The summed E-state index contributed by atoms with van der Waals surface area (Å²) >= 11 is 6.06. The molecule has 0 spiro atoms. The third-order valence-electron chi connectivity index (χ3n) is 3.52. The molecule has 3 rings (SSSR count). The van der Waals surface area contributed by atoms with Crippen molar-refractivity contribution in [1.29, 1.82) is 0 Å². The van der Waals surface area contributed by atoms with Gasteiger partial charge in [-0.2, -0.15) is 0 Å². The molecule has 0 bridgehead atoms. The first-order valence-electron chi connectivity index (χ1n) is 6.62. The summed E-state index contributed by atoms with van der Waals surface area (Å²) < 4.78 is 2.20. The van der Waals surface area contributed by atoms with E-state index < -0.39 is 0 Å². The number of rotatable bonds is 2. The lowest BCUT2D eigenvalue weighted by atomic mass is 10.1. The minimum Gasteiger partial charge on any atom is -0.399 e. The van der Waals surface area contributed by atoms with Gasteiger partial charge in [0.2, 0.25) is 0 Å². The number of fused-ring (bicyclic) bond motifs is 1. The SMILES string of the molecule is CCn1c(-c2ccc(N)cc2C)nc2cc(Cl)ccc21. The highest BCUT2D eigenvalue weighted by atomic mass is 35.5. The third kappa shape index (κ3) is 2.04. The first-order valence-corrected chi connectivity index (χ1v) is 7.00. The molecule has 0 unspecified atom stereocenters. The number of anilines is 1.